The molecule has 0 radical (unpaired) electrons. The van der Waals surface area contributed by atoms with Crippen LogP contribution in [0.2, 0.25) is 0 Å². The van der Waals surface area contributed by atoms with Crippen molar-refractivity contribution in [1.82, 2.24) is 9.97 Å². The third-order valence-corrected chi connectivity index (χ3v) is 1.81. The van der Waals surface area contributed by atoms with Gasteiger partial charge in [0.15, 0.2) is 0 Å². The standard InChI is InChI=1S/C10H16N4O/c1-3-9-12-5-8(6-13-9)14-10(15)4-7(2)11/h5-7H,3-4,11H2,1-2H3,(H,14,15). The molecular formula is C10H16N4O. The largest absolute Gasteiger partial charge is 0.327 e. The molecule has 1 heterocycles. The molecule has 1 aromatic heterocycles. The number of nitrogens with two attached hydrogens (primary N) is 1. The van der Waals surface area contributed by atoms with Gasteiger partial charge in [0, 0.05) is 18.9 Å². The second kappa shape index (κ2) is 5.41. The van der Waals surface area contributed by atoms with Crippen molar-refractivity contribution in [1.29, 1.82) is 0 Å². The summed E-state index contributed by atoms with van der Waals surface area (Å²) in [5, 5.41) is 2.68. The second-order valence-corrected chi connectivity index (χ2v) is 3.47. The predicted octanol–water partition coefficient (Wildman–Crippen LogP) is 0.715. The number of rotatable bonds is 4. The molecule has 1 amide bonds. The van der Waals surface area contributed by atoms with Gasteiger partial charge in [0.25, 0.3) is 0 Å². The van der Waals surface area contributed by atoms with Crippen LogP contribution in [0.3, 0.4) is 0 Å². The van der Waals surface area contributed by atoms with Gasteiger partial charge in [0.05, 0.1) is 18.1 Å². The molecule has 1 rings (SSSR count). The maximum atomic E-state index is 11.3. The van der Waals surface area contributed by atoms with Crippen LogP contribution in [0.4, 0.5) is 5.69 Å². The molecule has 0 fully saturated rings. The second-order valence-electron chi connectivity index (χ2n) is 3.47. The number of carbonyl (C=O) groups is 1. The maximum Gasteiger partial charge on any atom is 0.226 e. The Morgan fingerprint density at radius 1 is 1.53 bits per heavy atom. The Bertz CT molecular complexity index is 321. The fourth-order valence-corrected chi connectivity index (χ4v) is 1.11. The maximum absolute atomic E-state index is 11.3. The van der Waals surface area contributed by atoms with E-state index in [9.17, 15) is 4.79 Å². The van der Waals surface area contributed by atoms with Gasteiger partial charge in [-0.05, 0) is 6.92 Å². The zero-order valence-corrected chi connectivity index (χ0v) is 9.03. The summed E-state index contributed by atoms with van der Waals surface area (Å²) < 4.78 is 0. The Morgan fingerprint density at radius 3 is 2.60 bits per heavy atom. The van der Waals surface area contributed by atoms with Crippen molar-refractivity contribution >= 4 is 11.6 Å². The minimum absolute atomic E-state index is 0.113. The van der Waals surface area contributed by atoms with Gasteiger partial charge in [-0.1, -0.05) is 6.92 Å². The van der Waals surface area contributed by atoms with E-state index in [4.69, 9.17) is 5.73 Å². The van der Waals surface area contributed by atoms with Crippen molar-refractivity contribution in [2.45, 2.75) is 32.7 Å². The number of aryl methyl sites for hydroxylation is 1. The molecule has 1 unspecified atom stereocenters. The van der Waals surface area contributed by atoms with E-state index in [2.05, 4.69) is 15.3 Å². The van der Waals surface area contributed by atoms with Crippen molar-refractivity contribution in [2.24, 2.45) is 5.73 Å². The molecule has 0 aliphatic rings. The Morgan fingerprint density at radius 2 is 2.13 bits per heavy atom. The molecule has 0 spiro atoms. The lowest BCUT2D eigenvalue weighted by atomic mass is 10.2. The lowest BCUT2D eigenvalue weighted by Gasteiger charge is -2.06. The first kappa shape index (κ1) is 11.6. The topological polar surface area (TPSA) is 80.9 Å². The van der Waals surface area contributed by atoms with Gasteiger partial charge in [0.2, 0.25) is 5.91 Å². The van der Waals surface area contributed by atoms with E-state index in [1.54, 1.807) is 19.3 Å². The van der Waals surface area contributed by atoms with Crippen LogP contribution in [0, 0.1) is 0 Å². The van der Waals surface area contributed by atoms with Crippen LogP contribution in [0.25, 0.3) is 0 Å². The molecule has 0 bridgehead atoms. The van der Waals surface area contributed by atoms with E-state index in [1.165, 1.54) is 0 Å². The summed E-state index contributed by atoms with van der Waals surface area (Å²) >= 11 is 0. The fraction of sp³-hybridized carbons (Fsp3) is 0.500. The highest BCUT2D eigenvalue weighted by atomic mass is 16.1. The van der Waals surface area contributed by atoms with Gasteiger partial charge >= 0.3 is 0 Å². The van der Waals surface area contributed by atoms with Crippen molar-refractivity contribution < 1.29 is 4.79 Å². The molecule has 3 N–H and O–H groups in total. The summed E-state index contributed by atoms with van der Waals surface area (Å²) in [5.41, 5.74) is 6.11. The van der Waals surface area contributed by atoms with Crippen molar-refractivity contribution in [3.63, 3.8) is 0 Å². The fourth-order valence-electron chi connectivity index (χ4n) is 1.11. The summed E-state index contributed by atoms with van der Waals surface area (Å²) in [4.78, 5) is 19.5. The van der Waals surface area contributed by atoms with Crippen molar-refractivity contribution in [3.05, 3.63) is 18.2 Å². The zero-order valence-electron chi connectivity index (χ0n) is 9.03. The van der Waals surface area contributed by atoms with Crippen LogP contribution >= 0.6 is 0 Å². The van der Waals surface area contributed by atoms with E-state index in [0.717, 1.165) is 12.2 Å². The van der Waals surface area contributed by atoms with E-state index in [1.807, 2.05) is 6.92 Å². The number of aromatic nitrogens is 2. The highest BCUT2D eigenvalue weighted by molar-refractivity contribution is 5.90. The van der Waals surface area contributed by atoms with E-state index >= 15 is 0 Å². The summed E-state index contributed by atoms with van der Waals surface area (Å²) in [6.07, 6.45) is 4.29. The van der Waals surface area contributed by atoms with E-state index < -0.39 is 0 Å². The minimum atomic E-state index is -0.138. The number of anilines is 1. The summed E-state index contributed by atoms with van der Waals surface area (Å²) in [7, 11) is 0. The van der Waals surface area contributed by atoms with Crippen LogP contribution in [0.5, 0.6) is 0 Å². The molecule has 1 atom stereocenters. The summed E-state index contributed by atoms with van der Waals surface area (Å²) in [6, 6.07) is -0.138. The number of hydrogen-bond donors (Lipinski definition) is 2. The average Bonchev–Trinajstić information content (AvgIpc) is 2.17. The van der Waals surface area contributed by atoms with Crippen molar-refractivity contribution in [2.75, 3.05) is 5.32 Å². The molecule has 5 heteroatoms. The Hall–Kier alpha value is -1.49. The quantitative estimate of drug-likeness (QED) is 0.763. The van der Waals surface area contributed by atoms with E-state index in [0.29, 0.717) is 12.1 Å². The van der Waals surface area contributed by atoms with Gasteiger partial charge < -0.3 is 11.1 Å². The molecule has 0 aliphatic carbocycles. The highest BCUT2D eigenvalue weighted by Gasteiger charge is 2.05. The van der Waals surface area contributed by atoms with Crippen LogP contribution in [0.15, 0.2) is 12.4 Å². The van der Waals surface area contributed by atoms with Gasteiger partial charge in [-0.25, -0.2) is 9.97 Å². The number of nitrogens with zero attached hydrogens (tertiary/aromatic N) is 2. The van der Waals surface area contributed by atoms with Gasteiger partial charge in [-0.2, -0.15) is 0 Å². The molecule has 0 saturated heterocycles. The van der Waals surface area contributed by atoms with Crippen LogP contribution in [-0.4, -0.2) is 21.9 Å². The van der Waals surface area contributed by atoms with Crippen LogP contribution in [-0.2, 0) is 11.2 Å². The summed E-state index contributed by atoms with van der Waals surface area (Å²) in [5.74, 6) is 0.651. The van der Waals surface area contributed by atoms with Gasteiger partial charge in [-0.15, -0.1) is 0 Å². The monoisotopic (exact) mass is 208 g/mol. The first-order valence-corrected chi connectivity index (χ1v) is 4.98. The number of hydrogen-bond acceptors (Lipinski definition) is 4. The SMILES string of the molecule is CCc1ncc(NC(=O)CC(C)N)cn1. The minimum Gasteiger partial charge on any atom is -0.327 e. The molecule has 15 heavy (non-hydrogen) atoms. The Labute approximate surface area is 89.1 Å². The molecule has 0 saturated carbocycles. The smallest absolute Gasteiger partial charge is 0.226 e. The van der Waals surface area contributed by atoms with Crippen LogP contribution < -0.4 is 11.1 Å². The zero-order chi connectivity index (χ0) is 11.3. The Kier molecular flexibility index (Phi) is 4.17. The molecule has 5 nitrogen and oxygen atoms in total. The highest BCUT2D eigenvalue weighted by Crippen LogP contribution is 2.04. The van der Waals surface area contributed by atoms with Crippen LogP contribution in [0.1, 0.15) is 26.1 Å². The molecule has 0 aromatic carbocycles. The summed E-state index contributed by atoms with van der Waals surface area (Å²) in [6.45, 7) is 3.76. The van der Waals surface area contributed by atoms with Gasteiger partial charge in [0.1, 0.15) is 5.82 Å². The normalized spacial score (nSPS) is 12.2. The number of carbonyl (C=O) groups excluding carboxylic acids is 1. The first-order valence-electron chi connectivity index (χ1n) is 4.98. The molecule has 82 valence electrons. The Balaban J connectivity index is 2.53. The number of nitrogens with one attached hydrogen (secondary N) is 1. The third kappa shape index (κ3) is 4.03. The lowest BCUT2D eigenvalue weighted by Crippen LogP contribution is -2.24. The third-order valence-electron chi connectivity index (χ3n) is 1.81. The van der Waals surface area contributed by atoms with Crippen molar-refractivity contribution in [3.8, 4) is 0 Å². The lowest BCUT2D eigenvalue weighted by molar-refractivity contribution is -0.116. The van der Waals surface area contributed by atoms with E-state index in [-0.39, 0.29) is 11.9 Å². The molecule has 1 aromatic rings. The first-order chi connectivity index (χ1) is 7.11. The number of amides is 1. The average molecular weight is 208 g/mol. The molecular weight excluding hydrogens is 192 g/mol. The predicted molar refractivity (Wildman–Crippen MR) is 58.3 cm³/mol. The molecule has 0 aliphatic heterocycles. The van der Waals surface area contributed by atoms with Gasteiger partial charge in [-0.3, -0.25) is 4.79 Å².